The number of amides is 1. The fourth-order valence-corrected chi connectivity index (χ4v) is 3.81. The number of hydrogen-bond acceptors (Lipinski definition) is 3. The molecular formula is C19H25NO3. The summed E-state index contributed by atoms with van der Waals surface area (Å²) in [5, 5.41) is 9.59. The predicted octanol–water partition coefficient (Wildman–Crippen LogP) is 2.66. The van der Waals surface area contributed by atoms with Crippen LogP contribution in [-0.2, 0) is 4.79 Å². The van der Waals surface area contributed by atoms with E-state index in [0.29, 0.717) is 6.54 Å². The van der Waals surface area contributed by atoms with Gasteiger partial charge in [-0.1, -0.05) is 30.3 Å². The molecule has 1 aliphatic heterocycles. The van der Waals surface area contributed by atoms with E-state index in [4.69, 9.17) is 0 Å². The zero-order chi connectivity index (χ0) is 16.2. The van der Waals surface area contributed by atoms with Crippen LogP contribution in [0.5, 0.6) is 0 Å². The molecular weight excluding hydrogens is 290 g/mol. The molecule has 124 valence electrons. The van der Waals surface area contributed by atoms with Gasteiger partial charge in [-0.25, -0.2) is 0 Å². The van der Waals surface area contributed by atoms with Gasteiger partial charge in [0, 0.05) is 30.5 Å². The first-order valence-electron chi connectivity index (χ1n) is 8.71. The van der Waals surface area contributed by atoms with Gasteiger partial charge in [0.15, 0.2) is 5.78 Å². The number of hydrogen-bond donors (Lipinski definition) is 1. The van der Waals surface area contributed by atoms with Crippen LogP contribution in [0.25, 0.3) is 0 Å². The number of likely N-dealkylation sites (tertiary alicyclic amines) is 1. The van der Waals surface area contributed by atoms with Crippen LogP contribution in [0, 0.1) is 11.8 Å². The lowest BCUT2D eigenvalue weighted by molar-refractivity contribution is -0.138. The first-order chi connectivity index (χ1) is 11.1. The topological polar surface area (TPSA) is 57.6 Å². The smallest absolute Gasteiger partial charge is 0.225 e. The summed E-state index contributed by atoms with van der Waals surface area (Å²) in [6.45, 7) is 1.31. The highest BCUT2D eigenvalue weighted by atomic mass is 16.3. The number of carbonyl (C=O) groups excluding carboxylic acids is 2. The van der Waals surface area contributed by atoms with Crippen molar-refractivity contribution in [1.29, 1.82) is 0 Å². The summed E-state index contributed by atoms with van der Waals surface area (Å²) in [5.41, 5.74) is 0.743. The zero-order valence-electron chi connectivity index (χ0n) is 13.5. The van der Waals surface area contributed by atoms with Gasteiger partial charge in [0.2, 0.25) is 5.91 Å². The maximum Gasteiger partial charge on any atom is 0.225 e. The van der Waals surface area contributed by atoms with Crippen molar-refractivity contribution in [2.45, 2.75) is 44.6 Å². The minimum absolute atomic E-state index is 0.0315. The quantitative estimate of drug-likeness (QED) is 0.873. The van der Waals surface area contributed by atoms with E-state index in [0.717, 1.165) is 50.6 Å². The molecule has 3 rings (SSSR count). The summed E-state index contributed by atoms with van der Waals surface area (Å²) in [6.07, 6.45) is 4.49. The summed E-state index contributed by atoms with van der Waals surface area (Å²) in [7, 11) is 0. The second-order valence-corrected chi connectivity index (χ2v) is 6.86. The number of aliphatic hydroxyl groups excluding tert-OH is 1. The van der Waals surface area contributed by atoms with Crippen molar-refractivity contribution in [2.75, 3.05) is 13.1 Å². The highest BCUT2D eigenvalue weighted by Gasteiger charge is 2.33. The van der Waals surface area contributed by atoms with Crippen molar-refractivity contribution in [1.82, 2.24) is 4.90 Å². The largest absolute Gasteiger partial charge is 0.393 e. The number of carbonyl (C=O) groups is 2. The Balaban J connectivity index is 1.62. The highest BCUT2D eigenvalue weighted by molar-refractivity contribution is 5.98. The maximum atomic E-state index is 12.7. The molecule has 0 radical (unpaired) electrons. The van der Waals surface area contributed by atoms with Crippen LogP contribution in [0.1, 0.15) is 48.9 Å². The number of rotatable bonds is 3. The van der Waals surface area contributed by atoms with Crippen molar-refractivity contribution in [3.63, 3.8) is 0 Å². The molecule has 2 fully saturated rings. The summed E-state index contributed by atoms with van der Waals surface area (Å²) >= 11 is 0. The normalized spacial score (nSPS) is 28.4. The SMILES string of the molecule is O=C(c1ccccc1)[C@H]1CCCN(C(=O)C2CCC(O)CC2)C1. The predicted molar refractivity (Wildman–Crippen MR) is 88.0 cm³/mol. The Morgan fingerprint density at radius 1 is 0.957 bits per heavy atom. The third-order valence-corrected chi connectivity index (χ3v) is 5.21. The second-order valence-electron chi connectivity index (χ2n) is 6.86. The molecule has 23 heavy (non-hydrogen) atoms. The van der Waals surface area contributed by atoms with Gasteiger partial charge in [-0.2, -0.15) is 0 Å². The Hall–Kier alpha value is -1.68. The number of ketones is 1. The fraction of sp³-hybridized carbons (Fsp3) is 0.579. The van der Waals surface area contributed by atoms with Crippen molar-refractivity contribution >= 4 is 11.7 Å². The van der Waals surface area contributed by atoms with Crippen LogP contribution in [0.15, 0.2) is 30.3 Å². The molecule has 0 bridgehead atoms. The van der Waals surface area contributed by atoms with E-state index < -0.39 is 0 Å². The average Bonchev–Trinajstić information content (AvgIpc) is 2.62. The Kier molecular flexibility index (Phi) is 5.11. The van der Waals surface area contributed by atoms with Gasteiger partial charge in [0.05, 0.1) is 6.10 Å². The molecule has 1 saturated heterocycles. The van der Waals surface area contributed by atoms with Gasteiger partial charge in [-0.15, -0.1) is 0 Å². The molecule has 0 unspecified atom stereocenters. The van der Waals surface area contributed by atoms with Crippen molar-refractivity contribution in [3.8, 4) is 0 Å². The molecule has 1 aliphatic carbocycles. The summed E-state index contributed by atoms with van der Waals surface area (Å²) in [4.78, 5) is 27.2. The minimum atomic E-state index is -0.243. The van der Waals surface area contributed by atoms with Crippen molar-refractivity contribution in [3.05, 3.63) is 35.9 Å². The lowest BCUT2D eigenvalue weighted by atomic mass is 9.85. The van der Waals surface area contributed by atoms with Crippen LogP contribution < -0.4 is 0 Å². The zero-order valence-corrected chi connectivity index (χ0v) is 13.5. The lowest BCUT2D eigenvalue weighted by Crippen LogP contribution is -2.45. The maximum absolute atomic E-state index is 12.7. The lowest BCUT2D eigenvalue weighted by Gasteiger charge is -2.36. The molecule has 2 aliphatic rings. The van der Waals surface area contributed by atoms with E-state index in [-0.39, 0.29) is 29.6 Å². The first kappa shape index (κ1) is 16.2. The monoisotopic (exact) mass is 315 g/mol. The van der Waals surface area contributed by atoms with Gasteiger partial charge in [-0.05, 0) is 38.5 Å². The summed E-state index contributed by atoms with van der Waals surface area (Å²) < 4.78 is 0. The molecule has 0 spiro atoms. The molecule has 1 N–H and O–H groups in total. The van der Waals surface area contributed by atoms with Gasteiger partial charge in [0.25, 0.3) is 0 Å². The van der Waals surface area contributed by atoms with Crippen LogP contribution >= 0.6 is 0 Å². The molecule has 1 aromatic carbocycles. The summed E-state index contributed by atoms with van der Waals surface area (Å²) in [5.74, 6) is 0.290. The molecule has 0 aromatic heterocycles. The molecule has 1 atom stereocenters. The van der Waals surface area contributed by atoms with Crippen LogP contribution in [0.2, 0.25) is 0 Å². The van der Waals surface area contributed by atoms with Crippen LogP contribution in [-0.4, -0.2) is 40.9 Å². The minimum Gasteiger partial charge on any atom is -0.393 e. The molecule has 1 saturated carbocycles. The van der Waals surface area contributed by atoms with E-state index in [9.17, 15) is 14.7 Å². The molecule has 4 heteroatoms. The fourth-order valence-electron chi connectivity index (χ4n) is 3.81. The Labute approximate surface area is 137 Å². The number of benzene rings is 1. The number of Topliss-reactive ketones (excluding diaryl/α,β-unsaturated/α-hetero) is 1. The van der Waals surface area contributed by atoms with Gasteiger partial charge < -0.3 is 10.0 Å². The molecule has 1 aromatic rings. The Morgan fingerprint density at radius 3 is 2.35 bits per heavy atom. The van der Waals surface area contributed by atoms with E-state index in [1.807, 2.05) is 35.2 Å². The molecule has 1 heterocycles. The van der Waals surface area contributed by atoms with Gasteiger partial charge in [-0.3, -0.25) is 9.59 Å². The highest BCUT2D eigenvalue weighted by Crippen LogP contribution is 2.28. The van der Waals surface area contributed by atoms with E-state index >= 15 is 0 Å². The van der Waals surface area contributed by atoms with Crippen molar-refractivity contribution < 1.29 is 14.7 Å². The Morgan fingerprint density at radius 2 is 1.65 bits per heavy atom. The number of piperidine rings is 1. The first-order valence-corrected chi connectivity index (χ1v) is 8.71. The average molecular weight is 315 g/mol. The standard InChI is InChI=1S/C19H25NO3/c21-17-10-8-15(9-11-17)19(23)20-12-4-7-16(13-20)18(22)14-5-2-1-3-6-14/h1-3,5-6,15-17,21H,4,7-13H2/t15?,16-,17?/m0/s1. The third-order valence-electron chi connectivity index (χ3n) is 5.21. The van der Waals surface area contributed by atoms with Crippen LogP contribution in [0.4, 0.5) is 0 Å². The second kappa shape index (κ2) is 7.26. The van der Waals surface area contributed by atoms with Gasteiger partial charge in [0.1, 0.15) is 0 Å². The van der Waals surface area contributed by atoms with Crippen LogP contribution in [0.3, 0.4) is 0 Å². The molecule has 1 amide bonds. The third kappa shape index (κ3) is 3.81. The van der Waals surface area contributed by atoms with E-state index in [2.05, 4.69) is 0 Å². The number of nitrogens with zero attached hydrogens (tertiary/aromatic N) is 1. The number of aliphatic hydroxyl groups is 1. The van der Waals surface area contributed by atoms with E-state index in [1.54, 1.807) is 0 Å². The van der Waals surface area contributed by atoms with Gasteiger partial charge >= 0.3 is 0 Å². The van der Waals surface area contributed by atoms with Crippen molar-refractivity contribution in [2.24, 2.45) is 11.8 Å². The molecule has 4 nitrogen and oxygen atoms in total. The Bertz CT molecular complexity index is 549. The van der Waals surface area contributed by atoms with E-state index in [1.165, 1.54) is 0 Å². The summed E-state index contributed by atoms with van der Waals surface area (Å²) in [6, 6.07) is 9.38.